The van der Waals surface area contributed by atoms with Gasteiger partial charge in [0.05, 0.1) is 5.02 Å². The smallest absolute Gasteiger partial charge is 0.163 e. The van der Waals surface area contributed by atoms with Crippen molar-refractivity contribution in [1.82, 2.24) is 0 Å². The Kier molecular flexibility index (Phi) is 4.56. The first-order valence-corrected chi connectivity index (χ1v) is 6.54. The van der Waals surface area contributed by atoms with Gasteiger partial charge in [-0.05, 0) is 42.3 Å². The fraction of sp³-hybridized carbons (Fsp3) is 0.133. The lowest BCUT2D eigenvalue weighted by molar-refractivity contribution is 0.0982. The largest absolute Gasteiger partial charge is 0.294 e. The lowest BCUT2D eigenvalue weighted by atomic mass is 10.0. The molecule has 0 fully saturated rings. The van der Waals surface area contributed by atoms with E-state index < -0.39 is 5.82 Å². The van der Waals surface area contributed by atoms with Crippen molar-refractivity contribution in [3.8, 4) is 0 Å². The number of rotatable bonds is 4. The minimum absolute atomic E-state index is 0.0198. The first-order chi connectivity index (χ1) is 9.06. The molecular formula is C15H11Cl2FO. The van der Waals surface area contributed by atoms with Crippen LogP contribution in [-0.2, 0) is 6.42 Å². The molecule has 0 aromatic heterocycles. The van der Waals surface area contributed by atoms with Gasteiger partial charge in [-0.25, -0.2) is 4.39 Å². The SMILES string of the molecule is O=C(CCc1cccc(Cl)c1)c1ccc(Cl)c(F)c1. The van der Waals surface area contributed by atoms with E-state index in [0.29, 0.717) is 23.4 Å². The predicted molar refractivity (Wildman–Crippen MR) is 75.5 cm³/mol. The van der Waals surface area contributed by atoms with Crippen molar-refractivity contribution in [3.05, 3.63) is 69.5 Å². The maximum atomic E-state index is 13.3. The van der Waals surface area contributed by atoms with E-state index in [-0.39, 0.29) is 10.8 Å². The minimum atomic E-state index is -0.574. The topological polar surface area (TPSA) is 17.1 Å². The molecular weight excluding hydrogens is 286 g/mol. The monoisotopic (exact) mass is 296 g/mol. The van der Waals surface area contributed by atoms with E-state index in [1.54, 1.807) is 6.07 Å². The van der Waals surface area contributed by atoms with Crippen molar-refractivity contribution in [3.63, 3.8) is 0 Å². The van der Waals surface area contributed by atoms with Gasteiger partial charge in [-0.1, -0.05) is 35.3 Å². The molecule has 98 valence electrons. The highest BCUT2D eigenvalue weighted by molar-refractivity contribution is 6.31. The normalized spacial score (nSPS) is 10.5. The zero-order valence-corrected chi connectivity index (χ0v) is 11.5. The van der Waals surface area contributed by atoms with E-state index in [4.69, 9.17) is 23.2 Å². The van der Waals surface area contributed by atoms with Crippen LogP contribution in [-0.4, -0.2) is 5.78 Å². The van der Waals surface area contributed by atoms with Crippen LogP contribution < -0.4 is 0 Å². The molecule has 2 aromatic rings. The summed E-state index contributed by atoms with van der Waals surface area (Å²) in [5.41, 5.74) is 1.32. The Balaban J connectivity index is 2.03. The van der Waals surface area contributed by atoms with Crippen molar-refractivity contribution in [2.24, 2.45) is 0 Å². The van der Waals surface area contributed by atoms with Crippen LogP contribution in [0.2, 0.25) is 10.0 Å². The molecule has 0 radical (unpaired) electrons. The highest BCUT2D eigenvalue weighted by atomic mass is 35.5. The summed E-state index contributed by atoms with van der Waals surface area (Å²) in [6.45, 7) is 0. The number of hydrogen-bond donors (Lipinski definition) is 0. The molecule has 0 aliphatic rings. The van der Waals surface area contributed by atoms with Crippen LogP contribution in [0.5, 0.6) is 0 Å². The summed E-state index contributed by atoms with van der Waals surface area (Å²) in [5, 5.41) is 0.661. The molecule has 4 heteroatoms. The fourth-order valence-electron chi connectivity index (χ4n) is 1.76. The van der Waals surface area contributed by atoms with Gasteiger partial charge in [0.1, 0.15) is 5.82 Å². The summed E-state index contributed by atoms with van der Waals surface area (Å²) in [7, 11) is 0. The molecule has 0 saturated carbocycles. The Morgan fingerprint density at radius 3 is 2.58 bits per heavy atom. The highest BCUT2D eigenvalue weighted by Crippen LogP contribution is 2.18. The summed E-state index contributed by atoms with van der Waals surface area (Å²) in [6, 6.07) is 11.4. The second-order valence-electron chi connectivity index (χ2n) is 4.18. The second-order valence-corrected chi connectivity index (χ2v) is 5.03. The van der Waals surface area contributed by atoms with E-state index >= 15 is 0 Å². The average Bonchev–Trinajstić information content (AvgIpc) is 2.39. The number of carbonyl (C=O) groups excluding carboxylic acids is 1. The Hall–Kier alpha value is -1.38. The van der Waals surface area contributed by atoms with Crippen molar-refractivity contribution >= 4 is 29.0 Å². The third-order valence-corrected chi connectivity index (χ3v) is 3.31. The van der Waals surface area contributed by atoms with Crippen LogP contribution in [0, 0.1) is 5.82 Å². The predicted octanol–water partition coefficient (Wildman–Crippen LogP) is 4.95. The van der Waals surface area contributed by atoms with Gasteiger partial charge in [-0.15, -0.1) is 0 Å². The molecule has 0 bridgehead atoms. The Morgan fingerprint density at radius 2 is 1.89 bits per heavy atom. The minimum Gasteiger partial charge on any atom is -0.294 e. The molecule has 2 aromatic carbocycles. The van der Waals surface area contributed by atoms with Crippen LogP contribution in [0.3, 0.4) is 0 Å². The maximum absolute atomic E-state index is 13.3. The van der Waals surface area contributed by atoms with Gasteiger partial charge in [0, 0.05) is 17.0 Å². The van der Waals surface area contributed by atoms with Crippen LogP contribution in [0.1, 0.15) is 22.3 Å². The van der Waals surface area contributed by atoms with E-state index in [0.717, 1.165) is 5.56 Å². The average molecular weight is 297 g/mol. The van der Waals surface area contributed by atoms with E-state index in [9.17, 15) is 9.18 Å². The fourth-order valence-corrected chi connectivity index (χ4v) is 2.09. The molecule has 0 amide bonds. The molecule has 1 nitrogen and oxygen atoms in total. The zero-order chi connectivity index (χ0) is 13.8. The summed E-state index contributed by atoms with van der Waals surface area (Å²) < 4.78 is 13.3. The van der Waals surface area contributed by atoms with Crippen molar-refractivity contribution in [1.29, 1.82) is 0 Å². The number of benzene rings is 2. The van der Waals surface area contributed by atoms with E-state index in [2.05, 4.69) is 0 Å². The van der Waals surface area contributed by atoms with Gasteiger partial charge in [-0.3, -0.25) is 4.79 Å². The summed E-state index contributed by atoms with van der Waals surface area (Å²) in [5.74, 6) is -0.689. The third kappa shape index (κ3) is 3.79. The van der Waals surface area contributed by atoms with Crippen molar-refractivity contribution < 1.29 is 9.18 Å². The zero-order valence-electron chi connectivity index (χ0n) is 10.00. The molecule has 0 saturated heterocycles. The molecule has 0 unspecified atom stereocenters. The molecule has 0 heterocycles. The lowest BCUT2D eigenvalue weighted by Gasteiger charge is -2.03. The van der Waals surface area contributed by atoms with E-state index in [1.807, 2.05) is 18.2 Å². The first kappa shape index (κ1) is 14.0. The number of hydrogen-bond acceptors (Lipinski definition) is 1. The van der Waals surface area contributed by atoms with E-state index in [1.165, 1.54) is 18.2 Å². The third-order valence-electron chi connectivity index (χ3n) is 2.77. The summed E-state index contributed by atoms with van der Waals surface area (Å²) >= 11 is 11.4. The number of aryl methyl sites for hydroxylation is 1. The Labute approximate surface area is 121 Å². The molecule has 2 rings (SSSR count). The van der Waals surface area contributed by atoms with Crippen LogP contribution >= 0.6 is 23.2 Å². The standard InChI is InChI=1S/C15H11Cl2FO/c16-12-3-1-2-10(8-12)4-7-15(19)11-5-6-13(17)14(18)9-11/h1-3,5-6,8-9H,4,7H2. The maximum Gasteiger partial charge on any atom is 0.163 e. The number of carbonyl (C=O) groups is 1. The van der Waals surface area contributed by atoms with Crippen LogP contribution in [0.25, 0.3) is 0 Å². The highest BCUT2D eigenvalue weighted by Gasteiger charge is 2.09. The molecule has 19 heavy (non-hydrogen) atoms. The summed E-state index contributed by atoms with van der Waals surface area (Å²) in [6.07, 6.45) is 0.880. The van der Waals surface area contributed by atoms with Gasteiger partial charge >= 0.3 is 0 Å². The van der Waals surface area contributed by atoms with Gasteiger partial charge in [0.2, 0.25) is 0 Å². The molecule has 0 aliphatic carbocycles. The van der Waals surface area contributed by atoms with Gasteiger partial charge in [0.15, 0.2) is 5.78 Å². The second kappa shape index (κ2) is 6.18. The number of ketones is 1. The van der Waals surface area contributed by atoms with Gasteiger partial charge in [0.25, 0.3) is 0 Å². The number of halogens is 3. The van der Waals surface area contributed by atoms with Crippen LogP contribution in [0.15, 0.2) is 42.5 Å². The van der Waals surface area contributed by atoms with Crippen molar-refractivity contribution in [2.75, 3.05) is 0 Å². The molecule has 0 aliphatic heterocycles. The molecule has 0 spiro atoms. The Bertz CT molecular complexity index is 611. The quantitative estimate of drug-likeness (QED) is 0.730. The van der Waals surface area contributed by atoms with Crippen LogP contribution in [0.4, 0.5) is 4.39 Å². The van der Waals surface area contributed by atoms with Crippen molar-refractivity contribution in [2.45, 2.75) is 12.8 Å². The van der Waals surface area contributed by atoms with Gasteiger partial charge in [-0.2, -0.15) is 0 Å². The number of Topliss-reactive ketones (excluding diaryl/α,β-unsaturated/α-hetero) is 1. The molecule has 0 N–H and O–H groups in total. The lowest BCUT2D eigenvalue weighted by Crippen LogP contribution is -2.02. The molecule has 0 atom stereocenters. The van der Waals surface area contributed by atoms with Gasteiger partial charge < -0.3 is 0 Å². The Morgan fingerprint density at radius 1 is 1.11 bits per heavy atom. The first-order valence-electron chi connectivity index (χ1n) is 5.79. The summed E-state index contributed by atoms with van der Waals surface area (Å²) in [4.78, 5) is 11.9.